The minimum Gasteiger partial charge on any atom is -0.493 e. The Morgan fingerprint density at radius 1 is 0.274 bits per heavy atom. The molecule has 0 saturated carbocycles. The molecule has 5 rings (SSSR count). The quantitative estimate of drug-likeness (QED) is 0.0371. The van der Waals surface area contributed by atoms with Crippen LogP contribution in [0.5, 0.6) is 23.0 Å². The lowest BCUT2D eigenvalue weighted by Crippen LogP contribution is -2.22. The van der Waals surface area contributed by atoms with Gasteiger partial charge in [-0.05, 0) is 230 Å². The lowest BCUT2D eigenvalue weighted by atomic mass is 9.91. The average Bonchev–Trinajstić information content (AvgIpc) is 3.36. The number of hydrogen-bond acceptors (Lipinski definition) is 16. The summed E-state index contributed by atoms with van der Waals surface area (Å²) in [6.07, 6.45) is -1.23. The van der Waals surface area contributed by atoms with Gasteiger partial charge in [0, 0.05) is 25.7 Å². The second-order valence-electron chi connectivity index (χ2n) is 23.7. The molecule has 0 heterocycles. The van der Waals surface area contributed by atoms with Gasteiger partial charge < -0.3 is 55.1 Å². The maximum absolute atomic E-state index is 15.7. The highest BCUT2D eigenvalue weighted by atomic mass is 31.2. The molecule has 1 aliphatic carbocycles. The standard InChI is InChI=1S/C64H100O16P4/c1-21-25-69-61-49-29-51-35-58(82(66,75-43(9)10)76-44(11)12)37-53(62(51)70-26-22-2)31-55-39-60(84(68,79-47(17)18)80-48(19)20)40-56(64(55)72-28-24-4)32-54-38-59(83(67,77-45(13)14)78-46(15)16)36-52(63(54)71-27-23-3)30-50(61)34-57(33-49)81(65,73-41(5)6)74-42(7)8/h33-48H,21-32H2,1-20H3. The van der Waals surface area contributed by atoms with E-state index in [1.165, 1.54) is 0 Å². The Hall–Kier alpha value is -3.32. The van der Waals surface area contributed by atoms with Crippen LogP contribution in [0.4, 0.5) is 0 Å². The van der Waals surface area contributed by atoms with E-state index < -0.39 is 79.2 Å². The zero-order valence-corrected chi connectivity index (χ0v) is 57.6. The largest absolute Gasteiger partial charge is 0.493 e. The van der Waals surface area contributed by atoms with E-state index in [-0.39, 0.29) is 46.9 Å². The van der Waals surface area contributed by atoms with E-state index in [1.54, 1.807) is 0 Å². The van der Waals surface area contributed by atoms with Gasteiger partial charge >= 0.3 is 30.4 Å². The predicted octanol–water partition coefficient (Wildman–Crippen LogP) is 16.2. The van der Waals surface area contributed by atoms with Crippen LogP contribution in [0.15, 0.2) is 48.5 Å². The number of benzene rings is 4. The molecule has 472 valence electrons. The van der Waals surface area contributed by atoms with Gasteiger partial charge in [-0.25, -0.2) is 0 Å². The van der Waals surface area contributed by atoms with Gasteiger partial charge in [0.1, 0.15) is 23.0 Å². The number of fused-ring (bicyclic) bond motifs is 8. The topological polar surface area (TPSA) is 179 Å². The minimum absolute atomic E-state index is 0.0702. The van der Waals surface area contributed by atoms with E-state index in [1.807, 2.05) is 187 Å². The molecule has 0 unspecified atom stereocenters. The first-order chi connectivity index (χ1) is 39.4. The third-order valence-electron chi connectivity index (χ3n) is 12.3. The molecule has 20 heteroatoms. The minimum atomic E-state index is -4.15. The van der Waals surface area contributed by atoms with Crippen molar-refractivity contribution < 1.29 is 73.4 Å². The molecule has 0 fully saturated rings. The summed E-state index contributed by atoms with van der Waals surface area (Å²) in [6.45, 7) is 38.3. The first kappa shape index (κ1) is 71.4. The summed E-state index contributed by atoms with van der Waals surface area (Å²) in [5.74, 6) is 1.97. The van der Waals surface area contributed by atoms with E-state index >= 15 is 18.3 Å². The maximum atomic E-state index is 15.7. The zero-order chi connectivity index (χ0) is 62.5. The molecule has 0 atom stereocenters. The fourth-order valence-electron chi connectivity index (χ4n) is 9.81. The molecular formula is C64H100O16P4. The van der Waals surface area contributed by atoms with E-state index in [0.717, 1.165) is 0 Å². The van der Waals surface area contributed by atoms with Crippen molar-refractivity contribution in [2.45, 2.75) is 239 Å². The molecule has 0 aromatic heterocycles. The van der Waals surface area contributed by atoms with Gasteiger partial charge in [-0.3, -0.25) is 18.3 Å². The molecule has 1 aliphatic rings. The van der Waals surface area contributed by atoms with Gasteiger partial charge in [0.25, 0.3) is 0 Å². The van der Waals surface area contributed by atoms with Gasteiger partial charge in [0.2, 0.25) is 0 Å². The summed E-state index contributed by atoms with van der Waals surface area (Å²) in [4.78, 5) is 0. The first-order valence-corrected chi connectivity index (χ1v) is 36.6. The molecule has 84 heavy (non-hydrogen) atoms. The number of rotatable bonds is 32. The van der Waals surface area contributed by atoms with Crippen LogP contribution in [-0.2, 0) is 80.1 Å². The number of ether oxygens (including phenoxy) is 4. The summed E-state index contributed by atoms with van der Waals surface area (Å²) in [6, 6.07) is 14.5. The first-order valence-electron chi connectivity index (χ1n) is 30.5. The Morgan fingerprint density at radius 2 is 0.405 bits per heavy atom. The van der Waals surface area contributed by atoms with Gasteiger partial charge in [-0.1, -0.05) is 27.7 Å². The van der Waals surface area contributed by atoms with Gasteiger partial charge in [0.05, 0.1) is 96.5 Å². The maximum Gasteiger partial charge on any atom is 0.361 e. The van der Waals surface area contributed by atoms with Gasteiger partial charge in [0.15, 0.2) is 0 Å². The van der Waals surface area contributed by atoms with Crippen LogP contribution in [0.25, 0.3) is 0 Å². The van der Waals surface area contributed by atoms with Crippen molar-refractivity contribution in [2.75, 3.05) is 26.4 Å². The monoisotopic (exact) mass is 1250 g/mol. The highest BCUT2D eigenvalue weighted by Gasteiger charge is 2.39. The summed E-state index contributed by atoms with van der Waals surface area (Å²) >= 11 is 0. The molecule has 4 aromatic rings. The van der Waals surface area contributed by atoms with Crippen LogP contribution < -0.4 is 40.2 Å². The molecule has 8 bridgehead atoms. The average molecular weight is 1250 g/mol. The Kier molecular flexibility index (Phi) is 27.0. The van der Waals surface area contributed by atoms with Crippen LogP contribution in [-0.4, -0.2) is 75.3 Å². The van der Waals surface area contributed by atoms with Crippen LogP contribution in [0, 0.1) is 0 Å². The predicted molar refractivity (Wildman–Crippen MR) is 339 cm³/mol. The van der Waals surface area contributed by atoms with Crippen molar-refractivity contribution in [1.29, 1.82) is 0 Å². The molecule has 0 N–H and O–H groups in total. The Balaban J connectivity index is 2.21. The second-order valence-corrected chi connectivity index (χ2v) is 31.4. The third-order valence-corrected chi connectivity index (χ3v) is 21.5. The highest BCUT2D eigenvalue weighted by Crippen LogP contribution is 2.56. The molecule has 0 amide bonds. The number of hydrogen-bond donors (Lipinski definition) is 0. The van der Waals surface area contributed by atoms with Crippen molar-refractivity contribution >= 4 is 51.6 Å². The van der Waals surface area contributed by atoms with Crippen molar-refractivity contribution in [3.8, 4) is 23.0 Å². The summed E-state index contributed by atoms with van der Waals surface area (Å²) in [5, 5.41) is 1.13. The molecule has 0 saturated heterocycles. The summed E-state index contributed by atoms with van der Waals surface area (Å²) in [7, 11) is -16.6. The molecule has 0 aliphatic heterocycles. The van der Waals surface area contributed by atoms with Crippen molar-refractivity contribution in [2.24, 2.45) is 0 Å². The fourth-order valence-corrected chi connectivity index (χ4v) is 17.9. The highest BCUT2D eigenvalue weighted by molar-refractivity contribution is 7.63. The van der Waals surface area contributed by atoms with Crippen LogP contribution in [0.1, 0.15) is 209 Å². The van der Waals surface area contributed by atoms with Crippen molar-refractivity contribution in [1.82, 2.24) is 0 Å². The normalized spacial score (nSPS) is 13.7. The molecule has 0 radical (unpaired) electrons. The van der Waals surface area contributed by atoms with E-state index in [0.29, 0.717) is 120 Å². The van der Waals surface area contributed by atoms with E-state index in [4.69, 9.17) is 55.1 Å². The second kappa shape index (κ2) is 31.7. The lowest BCUT2D eigenvalue weighted by Gasteiger charge is -2.29. The smallest absolute Gasteiger partial charge is 0.361 e. The van der Waals surface area contributed by atoms with Crippen LogP contribution >= 0.6 is 30.4 Å². The molecule has 4 aromatic carbocycles. The molecule has 16 nitrogen and oxygen atoms in total. The third kappa shape index (κ3) is 19.3. The fraction of sp³-hybridized carbons (Fsp3) is 0.625. The Bertz CT molecular complexity index is 2450. The molecular weight excluding hydrogens is 1150 g/mol. The van der Waals surface area contributed by atoms with Crippen LogP contribution in [0.3, 0.4) is 0 Å². The lowest BCUT2D eigenvalue weighted by molar-refractivity contribution is 0.149. The van der Waals surface area contributed by atoms with E-state index in [2.05, 4.69) is 0 Å². The molecule has 0 spiro atoms. The van der Waals surface area contributed by atoms with Gasteiger partial charge in [-0.2, -0.15) is 0 Å². The Labute approximate surface area is 503 Å². The van der Waals surface area contributed by atoms with Crippen LogP contribution in [0.2, 0.25) is 0 Å². The van der Waals surface area contributed by atoms with Crippen molar-refractivity contribution in [3.63, 3.8) is 0 Å². The summed E-state index contributed by atoms with van der Waals surface area (Å²) in [5.41, 5.74) is 4.74. The SMILES string of the molecule is CCCOc1c2cc(P(=O)(OC(C)C)OC(C)C)cc1Cc1cc(P(=O)(OC(C)C)OC(C)C)cc(c1OCCC)Cc1cc(P(=O)(OC(C)C)OC(C)C)cc(c1OCCC)Cc1cc(P(=O)(OC(C)C)OC(C)C)cc(c1OCCC)C2. The zero-order valence-electron chi connectivity index (χ0n) is 54.0. The Morgan fingerprint density at radius 3 is 0.512 bits per heavy atom. The van der Waals surface area contributed by atoms with Crippen molar-refractivity contribution in [3.05, 3.63) is 93.0 Å². The van der Waals surface area contributed by atoms with E-state index in [9.17, 15) is 0 Å². The summed E-state index contributed by atoms with van der Waals surface area (Å²) < 4.78 is 142. The van der Waals surface area contributed by atoms with Gasteiger partial charge in [-0.15, -0.1) is 0 Å².